The fraction of sp³-hybridized carbons (Fsp3) is 0.273. The zero-order valence-corrected chi connectivity index (χ0v) is 9.86. The van der Waals surface area contributed by atoms with Crippen LogP contribution >= 0.6 is 11.6 Å². The number of hydrogen-bond donors (Lipinski definition) is 2. The topological polar surface area (TPSA) is 69.6 Å². The number of carbonyl (C=O) groups is 2. The number of urea groups is 1. The molecule has 1 heterocycles. The van der Waals surface area contributed by atoms with Gasteiger partial charge in [-0.1, -0.05) is 18.5 Å². The van der Waals surface area contributed by atoms with Crippen molar-refractivity contribution < 1.29 is 14.7 Å². The average molecular weight is 255 g/mol. The molecule has 0 aromatic heterocycles. The first-order valence-corrected chi connectivity index (χ1v) is 5.55. The highest BCUT2D eigenvalue weighted by molar-refractivity contribution is 6.31. The molecule has 0 spiro atoms. The fourth-order valence-electron chi connectivity index (χ4n) is 1.84. The summed E-state index contributed by atoms with van der Waals surface area (Å²) in [6.45, 7) is 1.79. The Morgan fingerprint density at radius 2 is 2.18 bits per heavy atom. The molecule has 2 rings (SSSR count). The minimum absolute atomic E-state index is 0.0855. The second-order valence-electron chi connectivity index (χ2n) is 3.72. The van der Waals surface area contributed by atoms with E-state index in [0.717, 1.165) is 0 Å². The van der Waals surface area contributed by atoms with E-state index in [1.54, 1.807) is 6.92 Å². The molecule has 5 nitrogen and oxygen atoms in total. The Hall–Kier alpha value is -1.75. The summed E-state index contributed by atoms with van der Waals surface area (Å²) >= 11 is 5.82. The fourth-order valence-corrected chi connectivity index (χ4v) is 2.01. The zero-order valence-electron chi connectivity index (χ0n) is 9.11. The van der Waals surface area contributed by atoms with Gasteiger partial charge in [-0.25, -0.2) is 4.79 Å². The predicted molar refractivity (Wildman–Crippen MR) is 63.2 cm³/mol. The molecule has 3 amide bonds. The van der Waals surface area contributed by atoms with Crippen LogP contribution < -0.4 is 10.2 Å². The molecule has 0 saturated carbocycles. The lowest BCUT2D eigenvalue weighted by Crippen LogP contribution is -2.34. The van der Waals surface area contributed by atoms with E-state index < -0.39 is 12.1 Å². The van der Waals surface area contributed by atoms with E-state index in [4.69, 9.17) is 11.6 Å². The van der Waals surface area contributed by atoms with E-state index in [0.29, 0.717) is 11.4 Å². The number of anilines is 1. The largest absolute Gasteiger partial charge is 0.506 e. The molecule has 1 saturated heterocycles. The van der Waals surface area contributed by atoms with E-state index >= 15 is 0 Å². The summed E-state index contributed by atoms with van der Waals surface area (Å²) in [6, 6.07) is 3.21. The molecule has 0 bridgehead atoms. The van der Waals surface area contributed by atoms with Gasteiger partial charge < -0.3 is 5.11 Å². The van der Waals surface area contributed by atoms with E-state index in [2.05, 4.69) is 5.32 Å². The minimum atomic E-state index is -0.605. The summed E-state index contributed by atoms with van der Waals surface area (Å²) in [6.07, 6.45) is 0.462. The Morgan fingerprint density at radius 1 is 1.47 bits per heavy atom. The van der Waals surface area contributed by atoms with E-state index in [1.807, 2.05) is 0 Å². The van der Waals surface area contributed by atoms with Gasteiger partial charge in [0.25, 0.3) is 5.91 Å². The van der Waals surface area contributed by atoms with Gasteiger partial charge in [0, 0.05) is 5.02 Å². The number of imide groups is 1. The zero-order chi connectivity index (χ0) is 12.6. The number of phenols is 1. The van der Waals surface area contributed by atoms with Gasteiger partial charge in [-0.05, 0) is 24.6 Å². The molecular formula is C11H11ClN2O3. The summed E-state index contributed by atoms with van der Waals surface area (Å²) in [7, 11) is 0. The standard InChI is InChI=1S/C11H11ClN2O3/c1-2-7-10(16)13-11(17)14(7)8-5-6(12)3-4-9(8)15/h3-5,7,15H,2H2,1H3,(H,13,16,17). The van der Waals surface area contributed by atoms with Crippen molar-refractivity contribution in [3.05, 3.63) is 23.2 Å². The third kappa shape index (κ3) is 1.93. The van der Waals surface area contributed by atoms with Crippen LogP contribution in [0.2, 0.25) is 5.02 Å². The minimum Gasteiger partial charge on any atom is -0.506 e. The van der Waals surface area contributed by atoms with Crippen molar-refractivity contribution in [3.8, 4) is 5.75 Å². The molecule has 1 aliphatic heterocycles. The van der Waals surface area contributed by atoms with Crippen molar-refractivity contribution >= 4 is 29.2 Å². The number of aromatic hydroxyl groups is 1. The van der Waals surface area contributed by atoms with Crippen LogP contribution in [0.1, 0.15) is 13.3 Å². The number of phenolic OH excluding ortho intramolecular Hbond substituents is 1. The summed E-state index contributed by atoms with van der Waals surface area (Å²) in [4.78, 5) is 24.4. The number of carbonyl (C=O) groups excluding carboxylic acids is 2. The number of amides is 3. The monoisotopic (exact) mass is 254 g/mol. The molecule has 0 radical (unpaired) electrons. The SMILES string of the molecule is CCC1C(=O)NC(=O)N1c1cc(Cl)ccc1O. The Morgan fingerprint density at radius 3 is 2.82 bits per heavy atom. The maximum atomic E-state index is 11.7. The molecule has 1 atom stereocenters. The highest BCUT2D eigenvalue weighted by Gasteiger charge is 2.39. The highest BCUT2D eigenvalue weighted by Crippen LogP contribution is 2.33. The first-order valence-electron chi connectivity index (χ1n) is 5.17. The van der Waals surface area contributed by atoms with Crippen LogP contribution in [0.5, 0.6) is 5.75 Å². The van der Waals surface area contributed by atoms with Crippen molar-refractivity contribution in [2.45, 2.75) is 19.4 Å². The van der Waals surface area contributed by atoms with Crippen molar-refractivity contribution in [2.24, 2.45) is 0 Å². The van der Waals surface area contributed by atoms with E-state index in [-0.39, 0.29) is 17.3 Å². The second-order valence-corrected chi connectivity index (χ2v) is 4.16. The van der Waals surface area contributed by atoms with Crippen LogP contribution in [0.3, 0.4) is 0 Å². The van der Waals surface area contributed by atoms with Crippen LogP contribution in [0.25, 0.3) is 0 Å². The van der Waals surface area contributed by atoms with Gasteiger partial charge in [0.2, 0.25) is 0 Å². The molecule has 6 heteroatoms. The van der Waals surface area contributed by atoms with Crippen molar-refractivity contribution in [2.75, 3.05) is 4.90 Å². The Labute approximate surface area is 103 Å². The number of nitrogens with zero attached hydrogens (tertiary/aromatic N) is 1. The van der Waals surface area contributed by atoms with Crippen LogP contribution in [-0.4, -0.2) is 23.1 Å². The molecule has 2 N–H and O–H groups in total. The summed E-state index contributed by atoms with van der Waals surface area (Å²) in [5, 5.41) is 12.3. The van der Waals surface area contributed by atoms with Crippen LogP contribution in [0, 0.1) is 0 Å². The third-order valence-electron chi connectivity index (χ3n) is 2.65. The van der Waals surface area contributed by atoms with Gasteiger partial charge in [-0.15, -0.1) is 0 Å². The van der Waals surface area contributed by atoms with E-state index in [1.165, 1.54) is 23.1 Å². The molecule has 1 aliphatic rings. The molecule has 1 aromatic rings. The number of hydrogen-bond acceptors (Lipinski definition) is 3. The Bertz CT molecular complexity index is 490. The Balaban J connectivity index is 2.47. The van der Waals surface area contributed by atoms with Crippen LogP contribution in [-0.2, 0) is 4.79 Å². The highest BCUT2D eigenvalue weighted by atomic mass is 35.5. The third-order valence-corrected chi connectivity index (χ3v) is 2.88. The quantitative estimate of drug-likeness (QED) is 0.792. The van der Waals surface area contributed by atoms with Gasteiger partial charge in [0.05, 0.1) is 5.69 Å². The molecule has 90 valence electrons. The average Bonchev–Trinajstić information content (AvgIpc) is 2.56. The number of nitrogens with one attached hydrogen (secondary N) is 1. The van der Waals surface area contributed by atoms with Gasteiger partial charge in [-0.3, -0.25) is 15.0 Å². The van der Waals surface area contributed by atoms with Crippen molar-refractivity contribution in [1.82, 2.24) is 5.32 Å². The van der Waals surface area contributed by atoms with Gasteiger partial charge in [0.15, 0.2) is 0 Å². The normalized spacial score (nSPS) is 19.6. The lowest BCUT2D eigenvalue weighted by molar-refractivity contribution is -0.119. The van der Waals surface area contributed by atoms with Crippen LogP contribution in [0.15, 0.2) is 18.2 Å². The van der Waals surface area contributed by atoms with Crippen molar-refractivity contribution in [1.29, 1.82) is 0 Å². The lowest BCUT2D eigenvalue weighted by Gasteiger charge is -2.21. The first kappa shape index (κ1) is 11.7. The number of rotatable bonds is 2. The molecule has 0 aliphatic carbocycles. The van der Waals surface area contributed by atoms with E-state index in [9.17, 15) is 14.7 Å². The second kappa shape index (κ2) is 4.25. The molecular weight excluding hydrogens is 244 g/mol. The van der Waals surface area contributed by atoms with Gasteiger partial charge in [0.1, 0.15) is 11.8 Å². The Kier molecular flexibility index (Phi) is 2.93. The number of halogens is 1. The molecule has 1 aromatic carbocycles. The summed E-state index contributed by atoms with van der Waals surface area (Å²) in [5.41, 5.74) is 0.243. The molecule has 1 unspecified atom stereocenters. The first-order chi connectivity index (χ1) is 8.04. The maximum absolute atomic E-state index is 11.7. The maximum Gasteiger partial charge on any atom is 0.329 e. The lowest BCUT2D eigenvalue weighted by atomic mass is 10.1. The summed E-state index contributed by atoms with van der Waals surface area (Å²) < 4.78 is 0. The summed E-state index contributed by atoms with van der Waals surface area (Å²) in [5.74, 6) is -0.449. The molecule has 1 fully saturated rings. The van der Waals surface area contributed by atoms with Gasteiger partial charge >= 0.3 is 6.03 Å². The van der Waals surface area contributed by atoms with Gasteiger partial charge in [-0.2, -0.15) is 0 Å². The van der Waals surface area contributed by atoms with Crippen LogP contribution in [0.4, 0.5) is 10.5 Å². The smallest absolute Gasteiger partial charge is 0.329 e. The number of benzene rings is 1. The predicted octanol–water partition coefficient (Wildman–Crippen LogP) is 1.88. The molecule has 17 heavy (non-hydrogen) atoms. The van der Waals surface area contributed by atoms with Crippen molar-refractivity contribution in [3.63, 3.8) is 0 Å².